The van der Waals surface area contributed by atoms with Gasteiger partial charge in [-0.3, -0.25) is 4.68 Å². The van der Waals surface area contributed by atoms with E-state index in [1.165, 1.54) is 6.20 Å². The lowest BCUT2D eigenvalue weighted by Crippen LogP contribution is -2.48. The number of piperazine rings is 1. The van der Waals surface area contributed by atoms with E-state index in [1.54, 1.807) is 15.2 Å². The van der Waals surface area contributed by atoms with Crippen LogP contribution in [0.4, 0.5) is 5.69 Å². The van der Waals surface area contributed by atoms with Crippen LogP contribution < -0.4 is 4.90 Å². The number of nitrogens with zero attached hydrogens (tertiary/aromatic N) is 4. The molecule has 6 nitrogen and oxygen atoms in total. The van der Waals surface area contributed by atoms with Crippen LogP contribution >= 0.6 is 0 Å². The first-order valence-electron chi connectivity index (χ1n) is 7.44. The number of para-hydroxylation sites is 1. The van der Waals surface area contributed by atoms with Crippen LogP contribution in [0.1, 0.15) is 6.92 Å². The van der Waals surface area contributed by atoms with E-state index in [9.17, 15) is 8.42 Å². The molecule has 7 heteroatoms. The molecule has 118 valence electrons. The molecule has 1 saturated heterocycles. The van der Waals surface area contributed by atoms with Crippen LogP contribution in [0.15, 0.2) is 47.6 Å². The van der Waals surface area contributed by atoms with Gasteiger partial charge in [-0.25, -0.2) is 8.42 Å². The van der Waals surface area contributed by atoms with Crippen molar-refractivity contribution in [1.82, 2.24) is 14.1 Å². The number of aryl methyl sites for hydroxylation is 1. The number of sulfonamides is 1. The maximum absolute atomic E-state index is 12.6. The molecule has 0 atom stereocenters. The number of aromatic nitrogens is 2. The van der Waals surface area contributed by atoms with Gasteiger partial charge < -0.3 is 4.90 Å². The molecule has 2 aromatic rings. The van der Waals surface area contributed by atoms with Crippen LogP contribution in [-0.2, 0) is 16.6 Å². The summed E-state index contributed by atoms with van der Waals surface area (Å²) in [6.07, 6.45) is 3.03. The van der Waals surface area contributed by atoms with Gasteiger partial charge in [0.15, 0.2) is 0 Å². The van der Waals surface area contributed by atoms with Crippen molar-refractivity contribution < 1.29 is 8.42 Å². The molecule has 1 aliphatic heterocycles. The smallest absolute Gasteiger partial charge is 0.246 e. The Morgan fingerprint density at radius 3 is 2.36 bits per heavy atom. The molecule has 1 aliphatic rings. The lowest BCUT2D eigenvalue weighted by molar-refractivity contribution is 0.385. The minimum Gasteiger partial charge on any atom is -0.369 e. The number of rotatable bonds is 4. The van der Waals surface area contributed by atoms with E-state index in [0.717, 1.165) is 5.69 Å². The summed E-state index contributed by atoms with van der Waals surface area (Å²) < 4.78 is 28.4. The summed E-state index contributed by atoms with van der Waals surface area (Å²) in [5.74, 6) is 0. The Labute approximate surface area is 131 Å². The average Bonchev–Trinajstić information content (AvgIpc) is 3.06. The van der Waals surface area contributed by atoms with Crippen LogP contribution in [0.25, 0.3) is 0 Å². The molecule has 2 heterocycles. The van der Waals surface area contributed by atoms with Crippen molar-refractivity contribution in [3.63, 3.8) is 0 Å². The largest absolute Gasteiger partial charge is 0.369 e. The number of anilines is 1. The molecule has 0 radical (unpaired) electrons. The van der Waals surface area contributed by atoms with E-state index < -0.39 is 10.0 Å². The van der Waals surface area contributed by atoms with Crippen LogP contribution in [0.3, 0.4) is 0 Å². The third-order valence-corrected chi connectivity index (χ3v) is 5.78. The highest BCUT2D eigenvalue weighted by Gasteiger charge is 2.29. The number of hydrogen-bond acceptors (Lipinski definition) is 4. The van der Waals surface area contributed by atoms with E-state index in [-0.39, 0.29) is 4.90 Å². The van der Waals surface area contributed by atoms with Gasteiger partial charge in [-0.1, -0.05) is 18.2 Å². The van der Waals surface area contributed by atoms with Gasteiger partial charge in [0.2, 0.25) is 10.0 Å². The van der Waals surface area contributed by atoms with Gasteiger partial charge >= 0.3 is 0 Å². The molecule has 1 aromatic carbocycles. The molecule has 22 heavy (non-hydrogen) atoms. The number of benzene rings is 1. The lowest BCUT2D eigenvalue weighted by Gasteiger charge is -2.35. The van der Waals surface area contributed by atoms with Crippen molar-refractivity contribution in [2.45, 2.75) is 18.4 Å². The van der Waals surface area contributed by atoms with E-state index >= 15 is 0 Å². The Morgan fingerprint density at radius 1 is 1.09 bits per heavy atom. The molecule has 0 N–H and O–H groups in total. The van der Waals surface area contributed by atoms with E-state index in [1.807, 2.05) is 25.1 Å². The van der Waals surface area contributed by atoms with Crippen LogP contribution in [-0.4, -0.2) is 48.7 Å². The molecule has 0 unspecified atom stereocenters. The standard InChI is InChI=1S/C15H20N4O2S/c1-2-18-13-15(12-16-18)22(20,21)19-10-8-17(9-11-19)14-6-4-3-5-7-14/h3-7,12-13H,2,8-11H2,1H3. The second-order valence-electron chi connectivity index (χ2n) is 5.26. The Hall–Kier alpha value is -1.86. The van der Waals surface area contributed by atoms with E-state index in [4.69, 9.17) is 0 Å². The molecule has 0 amide bonds. The van der Waals surface area contributed by atoms with Gasteiger partial charge in [-0.2, -0.15) is 9.40 Å². The summed E-state index contributed by atoms with van der Waals surface area (Å²) in [6, 6.07) is 10.1. The second-order valence-corrected chi connectivity index (χ2v) is 7.20. The van der Waals surface area contributed by atoms with Crippen molar-refractivity contribution in [3.05, 3.63) is 42.7 Å². The summed E-state index contributed by atoms with van der Waals surface area (Å²) in [5.41, 5.74) is 1.14. The topological polar surface area (TPSA) is 58.4 Å². The maximum Gasteiger partial charge on any atom is 0.246 e. The SMILES string of the molecule is CCn1cc(S(=O)(=O)N2CCN(c3ccccc3)CC2)cn1. The molecular weight excluding hydrogens is 300 g/mol. The predicted octanol–water partition coefficient (Wildman–Crippen LogP) is 1.41. The van der Waals surface area contributed by atoms with Crippen molar-refractivity contribution in [2.24, 2.45) is 0 Å². The Bertz CT molecular complexity index is 719. The Morgan fingerprint density at radius 2 is 1.77 bits per heavy atom. The predicted molar refractivity (Wildman–Crippen MR) is 85.3 cm³/mol. The van der Waals surface area contributed by atoms with Crippen molar-refractivity contribution in [1.29, 1.82) is 0 Å². The van der Waals surface area contributed by atoms with Crippen molar-refractivity contribution >= 4 is 15.7 Å². The van der Waals surface area contributed by atoms with Crippen LogP contribution in [0.5, 0.6) is 0 Å². The van der Waals surface area contributed by atoms with Gasteiger partial charge in [0.05, 0.1) is 6.20 Å². The first-order chi connectivity index (χ1) is 10.6. The number of hydrogen-bond donors (Lipinski definition) is 0. The molecule has 0 bridgehead atoms. The fraction of sp³-hybridized carbons (Fsp3) is 0.400. The fourth-order valence-electron chi connectivity index (χ4n) is 2.63. The third kappa shape index (κ3) is 2.86. The first kappa shape index (κ1) is 15.1. The van der Waals surface area contributed by atoms with Gasteiger partial charge in [-0.15, -0.1) is 0 Å². The van der Waals surface area contributed by atoms with Crippen LogP contribution in [0, 0.1) is 0 Å². The van der Waals surface area contributed by atoms with Gasteiger partial charge in [0, 0.05) is 44.6 Å². The van der Waals surface area contributed by atoms with E-state index in [2.05, 4.69) is 22.1 Å². The summed E-state index contributed by atoms with van der Waals surface area (Å²) in [6.45, 7) is 4.98. The molecule has 0 aliphatic carbocycles. The Balaban J connectivity index is 1.70. The molecular formula is C15H20N4O2S. The monoisotopic (exact) mass is 320 g/mol. The maximum atomic E-state index is 12.6. The van der Waals surface area contributed by atoms with Gasteiger partial charge in [-0.05, 0) is 19.1 Å². The van der Waals surface area contributed by atoms with Crippen LogP contribution in [0.2, 0.25) is 0 Å². The average molecular weight is 320 g/mol. The fourth-order valence-corrected chi connectivity index (χ4v) is 4.00. The summed E-state index contributed by atoms with van der Waals surface area (Å²) in [5, 5.41) is 4.06. The quantitative estimate of drug-likeness (QED) is 0.855. The summed E-state index contributed by atoms with van der Waals surface area (Å²) in [4.78, 5) is 2.49. The second kappa shape index (κ2) is 6.10. The lowest BCUT2D eigenvalue weighted by atomic mass is 10.2. The molecule has 0 spiro atoms. The highest BCUT2D eigenvalue weighted by molar-refractivity contribution is 7.89. The zero-order chi connectivity index (χ0) is 15.6. The first-order valence-corrected chi connectivity index (χ1v) is 8.88. The van der Waals surface area contributed by atoms with Crippen molar-refractivity contribution in [3.8, 4) is 0 Å². The third-order valence-electron chi connectivity index (χ3n) is 3.93. The zero-order valence-electron chi connectivity index (χ0n) is 12.6. The Kier molecular flexibility index (Phi) is 4.17. The molecule has 0 saturated carbocycles. The van der Waals surface area contributed by atoms with E-state index in [0.29, 0.717) is 32.7 Å². The summed E-state index contributed by atoms with van der Waals surface area (Å²) >= 11 is 0. The summed E-state index contributed by atoms with van der Waals surface area (Å²) in [7, 11) is -3.43. The highest BCUT2D eigenvalue weighted by Crippen LogP contribution is 2.20. The minimum absolute atomic E-state index is 0.280. The molecule has 3 rings (SSSR count). The van der Waals surface area contributed by atoms with Gasteiger partial charge in [0.1, 0.15) is 4.90 Å². The normalized spacial score (nSPS) is 16.9. The minimum atomic E-state index is -3.43. The van der Waals surface area contributed by atoms with Gasteiger partial charge in [0.25, 0.3) is 0 Å². The zero-order valence-corrected chi connectivity index (χ0v) is 13.4. The van der Waals surface area contributed by atoms with Crippen molar-refractivity contribution in [2.75, 3.05) is 31.1 Å². The molecule has 1 aromatic heterocycles. The highest BCUT2D eigenvalue weighted by atomic mass is 32.2. The molecule has 1 fully saturated rings.